The highest BCUT2D eigenvalue weighted by molar-refractivity contribution is 5.20. The predicted octanol–water partition coefficient (Wildman–Crippen LogP) is 2.20. The SMILES string of the molecule is [O-][N+]#CCc1ccc(F)cc1. The van der Waals surface area contributed by atoms with Crippen molar-refractivity contribution < 1.29 is 4.39 Å². The maximum absolute atomic E-state index is 12.3. The average Bonchev–Trinajstić information content (AvgIpc) is 2.04. The zero-order valence-corrected chi connectivity index (χ0v) is 5.75. The molecular weight excluding hydrogens is 145 g/mol. The minimum atomic E-state index is -0.284. The summed E-state index contributed by atoms with van der Waals surface area (Å²) in [6.07, 6.45) is 0.337. The molecule has 0 radical (unpaired) electrons. The average molecular weight is 151 g/mol. The van der Waals surface area contributed by atoms with Gasteiger partial charge in [0.05, 0.1) is 0 Å². The van der Waals surface area contributed by atoms with E-state index in [9.17, 15) is 9.60 Å². The molecule has 1 rings (SSSR count). The maximum Gasteiger partial charge on any atom is 0.303 e. The third kappa shape index (κ3) is 2.26. The van der Waals surface area contributed by atoms with Crippen LogP contribution in [0.4, 0.5) is 4.39 Å². The van der Waals surface area contributed by atoms with Crippen LogP contribution < -0.4 is 0 Å². The first kappa shape index (κ1) is 7.55. The van der Waals surface area contributed by atoms with Gasteiger partial charge in [-0.05, 0) is 17.7 Å². The Labute approximate surface area is 63.7 Å². The van der Waals surface area contributed by atoms with Crippen LogP contribution in [0.5, 0.6) is 0 Å². The van der Waals surface area contributed by atoms with Crippen LogP contribution in [-0.2, 0) is 6.42 Å². The van der Waals surface area contributed by atoms with Gasteiger partial charge in [0.2, 0.25) is 0 Å². The van der Waals surface area contributed by atoms with E-state index in [1.165, 1.54) is 12.1 Å². The van der Waals surface area contributed by atoms with E-state index >= 15 is 0 Å². The second-order valence-electron chi connectivity index (χ2n) is 2.05. The fourth-order valence-corrected chi connectivity index (χ4v) is 0.726. The summed E-state index contributed by atoms with van der Waals surface area (Å²) >= 11 is 0. The molecule has 0 bridgehead atoms. The molecule has 0 fully saturated rings. The molecule has 2 nitrogen and oxygen atoms in total. The van der Waals surface area contributed by atoms with Crippen LogP contribution in [0.2, 0.25) is 0 Å². The van der Waals surface area contributed by atoms with Gasteiger partial charge in [0.25, 0.3) is 0 Å². The van der Waals surface area contributed by atoms with Crippen molar-refractivity contribution in [2.75, 3.05) is 0 Å². The van der Waals surface area contributed by atoms with Crippen molar-refractivity contribution in [2.45, 2.75) is 6.42 Å². The summed E-state index contributed by atoms with van der Waals surface area (Å²) in [6, 6.07) is 8.08. The second kappa shape index (κ2) is 3.57. The first-order chi connectivity index (χ1) is 5.33. The third-order valence-corrected chi connectivity index (χ3v) is 1.26. The van der Waals surface area contributed by atoms with Gasteiger partial charge in [0.1, 0.15) is 12.2 Å². The van der Waals surface area contributed by atoms with E-state index < -0.39 is 0 Å². The van der Waals surface area contributed by atoms with Crippen molar-refractivity contribution >= 4 is 0 Å². The molecule has 1 aromatic carbocycles. The van der Waals surface area contributed by atoms with Gasteiger partial charge in [0, 0.05) is 5.01 Å². The standard InChI is InChI=1S/C8H6FNO/c9-8-3-1-7(2-4-8)5-6-10-11/h1-4H,5H2. The lowest BCUT2D eigenvalue weighted by Gasteiger charge is -1.89. The molecule has 0 atom stereocenters. The zero-order valence-electron chi connectivity index (χ0n) is 5.75. The number of nitrogens with zero attached hydrogens (tertiary/aromatic N) is 1. The lowest BCUT2D eigenvalue weighted by molar-refractivity contribution is 0.627. The van der Waals surface area contributed by atoms with E-state index in [1.54, 1.807) is 12.1 Å². The second-order valence-corrected chi connectivity index (χ2v) is 2.05. The molecule has 0 saturated heterocycles. The van der Waals surface area contributed by atoms with Crippen LogP contribution in [0.3, 0.4) is 0 Å². The summed E-state index contributed by atoms with van der Waals surface area (Å²) in [5, 5.41) is 12.1. The molecule has 0 saturated carbocycles. The summed E-state index contributed by atoms with van der Waals surface area (Å²) < 4.78 is 12.3. The zero-order chi connectivity index (χ0) is 8.10. The molecule has 0 aromatic heterocycles. The van der Waals surface area contributed by atoms with Crippen molar-refractivity contribution in [3.63, 3.8) is 0 Å². The molecule has 3 heteroatoms. The van der Waals surface area contributed by atoms with E-state index in [4.69, 9.17) is 0 Å². The highest BCUT2D eigenvalue weighted by Gasteiger charge is 1.93. The number of hydrogen-bond donors (Lipinski definition) is 0. The minimum absolute atomic E-state index is 0.284. The summed E-state index contributed by atoms with van der Waals surface area (Å²) in [4.78, 5) is 0. The highest BCUT2D eigenvalue weighted by Crippen LogP contribution is 2.02. The molecule has 0 aliphatic carbocycles. The van der Waals surface area contributed by atoms with Gasteiger partial charge in [-0.3, -0.25) is 0 Å². The molecular formula is C8H6FNO. The van der Waals surface area contributed by atoms with Crippen molar-refractivity contribution in [1.29, 1.82) is 0 Å². The smallest absolute Gasteiger partial charge is 0.303 e. The lowest BCUT2D eigenvalue weighted by Crippen LogP contribution is -1.80. The van der Waals surface area contributed by atoms with Crippen LogP contribution in [0.1, 0.15) is 5.56 Å². The van der Waals surface area contributed by atoms with Gasteiger partial charge in [-0.2, -0.15) is 0 Å². The van der Waals surface area contributed by atoms with Gasteiger partial charge in [-0.15, -0.1) is 0 Å². The molecule has 0 spiro atoms. The Hall–Kier alpha value is -1.56. The number of halogens is 1. The first-order valence-corrected chi connectivity index (χ1v) is 3.12. The van der Waals surface area contributed by atoms with Gasteiger partial charge in [-0.1, -0.05) is 12.1 Å². The first-order valence-electron chi connectivity index (χ1n) is 3.12. The molecule has 56 valence electrons. The fraction of sp³-hybridized carbons (Fsp3) is 0.125. The maximum atomic E-state index is 12.3. The lowest BCUT2D eigenvalue weighted by atomic mass is 10.2. The molecule has 0 unspecified atom stereocenters. The summed E-state index contributed by atoms with van der Waals surface area (Å²) in [5.74, 6) is -0.284. The molecule has 0 aliphatic heterocycles. The van der Waals surface area contributed by atoms with Crippen LogP contribution in [0.25, 0.3) is 5.01 Å². The molecule has 0 heterocycles. The van der Waals surface area contributed by atoms with E-state index in [2.05, 4.69) is 11.1 Å². The molecule has 11 heavy (non-hydrogen) atoms. The molecule has 0 aliphatic rings. The van der Waals surface area contributed by atoms with Gasteiger partial charge in [0.15, 0.2) is 0 Å². The monoisotopic (exact) mass is 151 g/mol. The summed E-state index contributed by atoms with van der Waals surface area (Å²) in [5.41, 5.74) is 0.825. The van der Waals surface area contributed by atoms with Crippen LogP contribution >= 0.6 is 0 Å². The quantitative estimate of drug-likeness (QED) is 0.565. The topological polar surface area (TPSA) is 27.4 Å². The van der Waals surface area contributed by atoms with Crippen molar-refractivity contribution in [3.8, 4) is 6.07 Å². The molecule has 0 amide bonds. The number of rotatable bonds is 1. The van der Waals surface area contributed by atoms with E-state index in [0.717, 1.165) is 5.56 Å². The van der Waals surface area contributed by atoms with Gasteiger partial charge in [-0.25, -0.2) is 4.39 Å². The highest BCUT2D eigenvalue weighted by atomic mass is 19.1. The Kier molecular flexibility index (Phi) is 2.45. The Bertz CT molecular complexity index is 283. The van der Waals surface area contributed by atoms with Gasteiger partial charge < -0.3 is 5.21 Å². The number of benzene rings is 1. The Morgan fingerprint density at radius 2 is 2.00 bits per heavy atom. The van der Waals surface area contributed by atoms with Crippen LogP contribution in [0.15, 0.2) is 24.3 Å². The molecule has 1 aromatic rings. The van der Waals surface area contributed by atoms with Crippen molar-refractivity contribution in [3.05, 3.63) is 45.9 Å². The van der Waals surface area contributed by atoms with Crippen LogP contribution in [-0.4, -0.2) is 0 Å². The van der Waals surface area contributed by atoms with Crippen molar-refractivity contribution in [1.82, 2.24) is 0 Å². The third-order valence-electron chi connectivity index (χ3n) is 1.26. The Morgan fingerprint density at radius 3 is 2.55 bits per heavy atom. The van der Waals surface area contributed by atoms with E-state index in [0.29, 0.717) is 6.42 Å². The summed E-state index contributed by atoms with van der Waals surface area (Å²) in [7, 11) is 0. The fourth-order valence-electron chi connectivity index (χ4n) is 0.726. The minimum Gasteiger partial charge on any atom is -0.498 e. The van der Waals surface area contributed by atoms with E-state index in [1.807, 2.05) is 0 Å². The van der Waals surface area contributed by atoms with E-state index in [-0.39, 0.29) is 5.82 Å². The predicted molar refractivity (Wildman–Crippen MR) is 40.7 cm³/mol. The normalized spacial score (nSPS) is 8.45. The molecule has 0 N–H and O–H groups in total. The number of hydrogen-bond acceptors (Lipinski definition) is 1. The largest absolute Gasteiger partial charge is 0.498 e. The van der Waals surface area contributed by atoms with Crippen molar-refractivity contribution in [2.24, 2.45) is 0 Å². The van der Waals surface area contributed by atoms with Crippen LogP contribution in [0, 0.1) is 17.1 Å². The van der Waals surface area contributed by atoms with Gasteiger partial charge >= 0.3 is 6.07 Å². The summed E-state index contributed by atoms with van der Waals surface area (Å²) in [6.45, 7) is 0. The Morgan fingerprint density at radius 1 is 1.36 bits per heavy atom. The Balaban J connectivity index is 2.71.